The van der Waals surface area contributed by atoms with Gasteiger partial charge in [-0.25, -0.2) is 4.98 Å². The summed E-state index contributed by atoms with van der Waals surface area (Å²) in [6.07, 6.45) is -0.458. The second-order valence-electron chi connectivity index (χ2n) is 9.87. The van der Waals surface area contributed by atoms with Gasteiger partial charge in [-0.3, -0.25) is 9.59 Å². The zero-order valence-corrected chi connectivity index (χ0v) is 21.2. The molecule has 0 saturated carbocycles. The summed E-state index contributed by atoms with van der Waals surface area (Å²) in [7, 11) is 0. The Morgan fingerprint density at radius 3 is 2.48 bits per heavy atom. The molecule has 2 aromatic rings. The monoisotopic (exact) mass is 472 g/mol. The molecule has 7 nitrogen and oxygen atoms in total. The van der Waals surface area contributed by atoms with Gasteiger partial charge in [-0.1, -0.05) is 52.0 Å². The molecule has 0 bridgehead atoms. The molecule has 1 aromatic heterocycles. The number of carbonyl (C=O) groups excluding carboxylic acids is 2. The highest BCUT2D eigenvalue weighted by Crippen LogP contribution is 2.29. The number of carbonyl (C=O) groups is 2. The van der Waals surface area contributed by atoms with Gasteiger partial charge >= 0.3 is 0 Å². The average molecular weight is 473 g/mol. The van der Waals surface area contributed by atoms with Crippen LogP contribution in [-0.2, 0) is 9.59 Å². The van der Waals surface area contributed by atoms with Crippen LogP contribution >= 0.6 is 11.3 Å². The molecule has 0 unspecified atom stereocenters. The number of likely N-dealkylation sites (N-methyl/N-ethyl adjacent to an activating group) is 1. The van der Waals surface area contributed by atoms with Gasteiger partial charge in [-0.05, 0) is 36.9 Å². The first-order chi connectivity index (χ1) is 15.5. The van der Waals surface area contributed by atoms with Crippen molar-refractivity contribution in [2.45, 2.75) is 72.2 Å². The number of hydrogen-bond donors (Lipinski definition) is 3. The average Bonchev–Trinajstić information content (AvgIpc) is 3.36. The van der Waals surface area contributed by atoms with Gasteiger partial charge < -0.3 is 20.6 Å². The van der Waals surface area contributed by atoms with E-state index in [1.807, 2.05) is 71.3 Å². The SMILES string of the molecule is CCN[C@H](C(=O)N1C[C@@H](O)C[C@@H]1C(=O)N[C@H](C)c1ccc(-c2scnc2C)cc1)C(C)(C)C. The minimum atomic E-state index is -0.704. The fourth-order valence-corrected chi connectivity index (χ4v) is 5.15. The summed E-state index contributed by atoms with van der Waals surface area (Å²) in [5.41, 5.74) is 4.61. The molecule has 0 spiro atoms. The van der Waals surface area contributed by atoms with Gasteiger partial charge in [0, 0.05) is 13.0 Å². The van der Waals surface area contributed by atoms with Crippen molar-refractivity contribution in [1.82, 2.24) is 20.5 Å². The number of amides is 2. The maximum Gasteiger partial charge on any atom is 0.243 e. The maximum atomic E-state index is 13.3. The number of likely N-dealkylation sites (tertiary alicyclic amines) is 1. The zero-order valence-electron chi connectivity index (χ0n) is 20.4. The standard InChI is InChI=1S/C25H36N4O3S/c1-7-26-22(25(4,5)6)24(32)29-13-19(30)12-20(29)23(31)28-15(2)17-8-10-18(11-9-17)21-16(3)27-14-33-21/h8-11,14-15,19-20,22,26,30H,7,12-13H2,1-6H3,(H,28,31)/t15-,19+,20-,22-/m1/s1. The molecule has 0 aliphatic carbocycles. The third kappa shape index (κ3) is 5.80. The number of hydrogen-bond acceptors (Lipinski definition) is 6. The van der Waals surface area contributed by atoms with Gasteiger partial charge in [0.15, 0.2) is 0 Å². The number of nitrogens with one attached hydrogen (secondary N) is 2. The summed E-state index contributed by atoms with van der Waals surface area (Å²) in [6, 6.07) is 6.76. The van der Waals surface area contributed by atoms with Crippen LogP contribution in [-0.4, -0.2) is 58.1 Å². The molecule has 1 aliphatic heterocycles. The number of β-amino-alcohol motifs (C(OH)–C–C–N with tert-alkyl or cyclic N) is 1. The van der Waals surface area contributed by atoms with Gasteiger partial charge in [-0.15, -0.1) is 11.3 Å². The molecular formula is C25H36N4O3S. The second kappa shape index (κ2) is 10.3. The van der Waals surface area contributed by atoms with E-state index in [4.69, 9.17) is 0 Å². The van der Waals surface area contributed by atoms with Crippen molar-refractivity contribution >= 4 is 23.2 Å². The highest BCUT2D eigenvalue weighted by molar-refractivity contribution is 7.13. The third-order valence-electron chi connectivity index (χ3n) is 6.16. The van der Waals surface area contributed by atoms with Crippen LogP contribution in [0.5, 0.6) is 0 Å². The number of aliphatic hydroxyl groups excluding tert-OH is 1. The Balaban J connectivity index is 1.71. The molecule has 0 radical (unpaired) electrons. The van der Waals surface area contributed by atoms with E-state index in [9.17, 15) is 14.7 Å². The first kappa shape index (κ1) is 25.3. The molecule has 1 aliphatic rings. The van der Waals surface area contributed by atoms with Crippen LogP contribution in [0, 0.1) is 12.3 Å². The Morgan fingerprint density at radius 2 is 1.94 bits per heavy atom. The van der Waals surface area contributed by atoms with Crippen molar-refractivity contribution in [1.29, 1.82) is 0 Å². The molecule has 2 amide bonds. The topological polar surface area (TPSA) is 94.6 Å². The van der Waals surface area contributed by atoms with Crippen LogP contribution in [0.25, 0.3) is 10.4 Å². The van der Waals surface area contributed by atoms with E-state index < -0.39 is 18.2 Å². The molecule has 3 N–H and O–H groups in total. The van der Waals surface area contributed by atoms with Gasteiger partial charge in [0.2, 0.25) is 11.8 Å². The molecule has 2 heterocycles. The van der Waals surface area contributed by atoms with Crippen LogP contribution in [0.1, 0.15) is 58.3 Å². The van der Waals surface area contributed by atoms with E-state index in [1.54, 1.807) is 16.2 Å². The minimum Gasteiger partial charge on any atom is -0.391 e. The number of aryl methyl sites for hydroxylation is 1. The van der Waals surface area contributed by atoms with E-state index in [0.29, 0.717) is 6.54 Å². The predicted octanol–water partition coefficient (Wildman–Crippen LogP) is 3.28. The van der Waals surface area contributed by atoms with Crippen LogP contribution in [0.2, 0.25) is 0 Å². The highest BCUT2D eigenvalue weighted by Gasteiger charge is 2.43. The Labute approximate surface area is 200 Å². The summed E-state index contributed by atoms with van der Waals surface area (Å²) in [5, 5.41) is 16.6. The zero-order chi connectivity index (χ0) is 24.3. The van der Waals surface area contributed by atoms with E-state index in [2.05, 4.69) is 15.6 Å². The van der Waals surface area contributed by atoms with Gasteiger partial charge in [0.25, 0.3) is 0 Å². The van der Waals surface area contributed by atoms with Crippen molar-refractivity contribution in [3.05, 3.63) is 41.0 Å². The lowest BCUT2D eigenvalue weighted by Crippen LogP contribution is -2.56. The van der Waals surface area contributed by atoms with Gasteiger partial charge in [0.1, 0.15) is 6.04 Å². The summed E-state index contributed by atoms with van der Waals surface area (Å²) in [6.45, 7) is 12.7. The number of benzene rings is 1. The molecular weight excluding hydrogens is 436 g/mol. The Kier molecular flexibility index (Phi) is 7.92. The quantitative estimate of drug-likeness (QED) is 0.575. The number of nitrogens with zero attached hydrogens (tertiary/aromatic N) is 2. The van der Waals surface area contributed by atoms with Crippen molar-refractivity contribution < 1.29 is 14.7 Å². The van der Waals surface area contributed by atoms with Gasteiger partial charge in [-0.2, -0.15) is 0 Å². The number of aliphatic hydroxyl groups is 1. The fraction of sp³-hybridized carbons (Fsp3) is 0.560. The number of rotatable bonds is 7. The van der Waals surface area contributed by atoms with Crippen molar-refractivity contribution in [2.24, 2.45) is 5.41 Å². The lowest BCUT2D eigenvalue weighted by Gasteiger charge is -2.35. The van der Waals surface area contributed by atoms with E-state index in [0.717, 1.165) is 21.7 Å². The predicted molar refractivity (Wildman–Crippen MR) is 132 cm³/mol. The van der Waals surface area contributed by atoms with Crippen LogP contribution in [0.15, 0.2) is 29.8 Å². The van der Waals surface area contributed by atoms with Crippen LogP contribution < -0.4 is 10.6 Å². The molecule has 1 fully saturated rings. The molecule has 33 heavy (non-hydrogen) atoms. The van der Waals surface area contributed by atoms with Crippen molar-refractivity contribution in [3.63, 3.8) is 0 Å². The largest absolute Gasteiger partial charge is 0.391 e. The maximum absolute atomic E-state index is 13.3. The van der Waals surface area contributed by atoms with E-state index >= 15 is 0 Å². The normalized spacial score (nSPS) is 20.5. The summed E-state index contributed by atoms with van der Waals surface area (Å²) < 4.78 is 0. The Hall–Kier alpha value is -2.29. The molecule has 1 saturated heterocycles. The first-order valence-electron chi connectivity index (χ1n) is 11.6. The highest BCUT2D eigenvalue weighted by atomic mass is 32.1. The molecule has 3 rings (SSSR count). The summed E-state index contributed by atoms with van der Waals surface area (Å²) >= 11 is 1.61. The van der Waals surface area contributed by atoms with Crippen LogP contribution in [0.3, 0.4) is 0 Å². The third-order valence-corrected chi connectivity index (χ3v) is 7.14. The summed E-state index contributed by atoms with van der Waals surface area (Å²) in [5.74, 6) is -0.378. The van der Waals surface area contributed by atoms with Crippen LogP contribution in [0.4, 0.5) is 0 Å². The number of thiazole rings is 1. The van der Waals surface area contributed by atoms with E-state index in [1.165, 1.54) is 0 Å². The molecule has 8 heteroatoms. The lowest BCUT2D eigenvalue weighted by molar-refractivity contribution is -0.142. The first-order valence-corrected chi connectivity index (χ1v) is 12.4. The molecule has 180 valence electrons. The fourth-order valence-electron chi connectivity index (χ4n) is 4.33. The van der Waals surface area contributed by atoms with Crippen molar-refractivity contribution in [2.75, 3.05) is 13.1 Å². The van der Waals surface area contributed by atoms with E-state index in [-0.39, 0.29) is 36.2 Å². The Morgan fingerprint density at radius 1 is 1.27 bits per heavy atom. The van der Waals surface area contributed by atoms with Crippen molar-refractivity contribution in [3.8, 4) is 10.4 Å². The van der Waals surface area contributed by atoms with Gasteiger partial charge in [0.05, 0.1) is 34.3 Å². The smallest absolute Gasteiger partial charge is 0.243 e. The second-order valence-corrected chi connectivity index (χ2v) is 10.7. The Bertz CT molecular complexity index is 967. The molecule has 1 aromatic carbocycles. The summed E-state index contributed by atoms with van der Waals surface area (Å²) in [4.78, 5) is 33.5. The minimum absolute atomic E-state index is 0.141. The number of aromatic nitrogens is 1. The lowest BCUT2D eigenvalue weighted by atomic mass is 9.85. The molecule has 4 atom stereocenters.